The van der Waals surface area contributed by atoms with Gasteiger partial charge in [-0.1, -0.05) is 42.5 Å². The summed E-state index contributed by atoms with van der Waals surface area (Å²) in [6.07, 6.45) is 0.678. The lowest BCUT2D eigenvalue weighted by molar-refractivity contribution is 0.0278. The minimum Gasteiger partial charge on any atom is -0.485 e. The molecular formula is C22H27NO4. The molecule has 144 valence electrons. The quantitative estimate of drug-likeness (QED) is 0.653. The molecule has 1 amide bonds. The molecule has 1 atom stereocenters. The first-order valence-electron chi connectivity index (χ1n) is 9.00. The van der Waals surface area contributed by atoms with Gasteiger partial charge in [-0.2, -0.15) is 0 Å². The molecular weight excluding hydrogens is 342 g/mol. The minimum absolute atomic E-state index is 0.294. The average Bonchev–Trinajstić information content (AvgIpc) is 2.64. The van der Waals surface area contributed by atoms with Crippen molar-refractivity contribution in [3.63, 3.8) is 0 Å². The van der Waals surface area contributed by atoms with E-state index in [0.29, 0.717) is 24.3 Å². The topological polar surface area (TPSA) is 55.8 Å². The van der Waals surface area contributed by atoms with Crippen molar-refractivity contribution in [2.45, 2.75) is 38.9 Å². The fourth-order valence-corrected chi connectivity index (χ4v) is 2.54. The molecule has 0 fully saturated rings. The lowest BCUT2D eigenvalue weighted by atomic mass is 10.1. The molecule has 0 spiro atoms. The van der Waals surface area contributed by atoms with E-state index in [2.05, 4.69) is 0 Å². The Hall–Kier alpha value is -2.82. The van der Waals surface area contributed by atoms with Crippen LogP contribution in [0.3, 0.4) is 0 Å². The van der Waals surface area contributed by atoms with Gasteiger partial charge in [0, 0.05) is 20.0 Å². The third-order valence-electron chi connectivity index (χ3n) is 3.92. The number of para-hydroxylation sites is 1. The summed E-state index contributed by atoms with van der Waals surface area (Å²) in [5, 5.41) is 0. The van der Waals surface area contributed by atoms with Crippen molar-refractivity contribution in [1.29, 1.82) is 0 Å². The van der Waals surface area contributed by atoms with Crippen LogP contribution in [0, 0.1) is 0 Å². The Bertz CT molecular complexity index is 752. The van der Waals surface area contributed by atoms with E-state index in [9.17, 15) is 9.59 Å². The Labute approximate surface area is 160 Å². The second kappa shape index (κ2) is 9.21. The molecule has 0 N–H and O–H groups in total. The molecule has 0 heterocycles. The number of hydrogen-bond acceptors (Lipinski definition) is 4. The van der Waals surface area contributed by atoms with E-state index >= 15 is 0 Å². The van der Waals surface area contributed by atoms with Gasteiger partial charge in [-0.05, 0) is 38.5 Å². The Morgan fingerprint density at radius 1 is 1.07 bits per heavy atom. The van der Waals surface area contributed by atoms with Crippen LogP contribution in [-0.4, -0.2) is 36.5 Å². The maximum Gasteiger partial charge on any atom is 0.410 e. The predicted octanol–water partition coefficient (Wildman–Crippen LogP) is 4.88. The van der Waals surface area contributed by atoms with E-state index in [-0.39, 0.29) is 12.2 Å². The lowest BCUT2D eigenvalue weighted by Gasteiger charge is -2.26. The third kappa shape index (κ3) is 6.44. The van der Waals surface area contributed by atoms with Crippen LogP contribution < -0.4 is 4.74 Å². The van der Waals surface area contributed by atoms with E-state index < -0.39 is 5.60 Å². The first-order valence-corrected chi connectivity index (χ1v) is 9.00. The van der Waals surface area contributed by atoms with Gasteiger partial charge in [0.05, 0.1) is 5.56 Å². The molecule has 0 bridgehead atoms. The van der Waals surface area contributed by atoms with Crippen LogP contribution in [0.25, 0.3) is 0 Å². The van der Waals surface area contributed by atoms with Crippen molar-refractivity contribution >= 4 is 12.4 Å². The molecule has 0 aromatic heterocycles. The highest BCUT2D eigenvalue weighted by molar-refractivity contribution is 5.79. The molecule has 1 unspecified atom stereocenters. The maximum absolute atomic E-state index is 12.2. The molecule has 0 aliphatic rings. The number of carbonyl (C=O) groups is 2. The molecule has 27 heavy (non-hydrogen) atoms. The van der Waals surface area contributed by atoms with Gasteiger partial charge < -0.3 is 14.4 Å². The maximum atomic E-state index is 12.2. The van der Waals surface area contributed by atoms with Crippen molar-refractivity contribution in [2.24, 2.45) is 0 Å². The van der Waals surface area contributed by atoms with Gasteiger partial charge in [-0.25, -0.2) is 4.79 Å². The van der Waals surface area contributed by atoms with E-state index in [1.807, 2.05) is 57.2 Å². The summed E-state index contributed by atoms with van der Waals surface area (Å²) < 4.78 is 11.5. The zero-order valence-corrected chi connectivity index (χ0v) is 16.3. The van der Waals surface area contributed by atoms with Gasteiger partial charge in [0.25, 0.3) is 0 Å². The molecule has 2 aromatic carbocycles. The van der Waals surface area contributed by atoms with Crippen LogP contribution in [0.15, 0.2) is 54.6 Å². The monoisotopic (exact) mass is 369 g/mol. The number of ether oxygens (including phenoxy) is 2. The highest BCUT2D eigenvalue weighted by Crippen LogP contribution is 2.27. The van der Waals surface area contributed by atoms with Crippen molar-refractivity contribution < 1.29 is 19.1 Å². The number of carbonyl (C=O) groups excluding carboxylic acids is 2. The Kier molecular flexibility index (Phi) is 6.99. The summed E-state index contributed by atoms with van der Waals surface area (Å²) in [5.74, 6) is 0.529. The van der Waals surface area contributed by atoms with Crippen LogP contribution in [-0.2, 0) is 4.74 Å². The van der Waals surface area contributed by atoms with Crippen LogP contribution in [0.2, 0.25) is 0 Å². The highest BCUT2D eigenvalue weighted by Gasteiger charge is 2.22. The molecule has 0 saturated carbocycles. The largest absolute Gasteiger partial charge is 0.485 e. The molecule has 0 aliphatic carbocycles. The number of nitrogens with zero attached hydrogens (tertiary/aromatic N) is 1. The van der Waals surface area contributed by atoms with E-state index in [1.165, 1.54) is 4.90 Å². The van der Waals surface area contributed by atoms with Crippen molar-refractivity contribution in [3.8, 4) is 5.75 Å². The summed E-state index contributed by atoms with van der Waals surface area (Å²) in [5.41, 5.74) is 0.943. The Balaban J connectivity index is 2.12. The third-order valence-corrected chi connectivity index (χ3v) is 3.92. The van der Waals surface area contributed by atoms with Gasteiger partial charge in [0.2, 0.25) is 0 Å². The SMILES string of the molecule is CN(CCC(Oc1ccccc1C=O)c1ccccc1)C(=O)OC(C)(C)C. The summed E-state index contributed by atoms with van der Waals surface area (Å²) in [6.45, 7) is 5.97. The van der Waals surface area contributed by atoms with Gasteiger partial charge in [-0.15, -0.1) is 0 Å². The summed E-state index contributed by atoms with van der Waals surface area (Å²) in [7, 11) is 1.70. The standard InChI is InChI=1S/C22H27NO4/c1-22(2,3)27-21(25)23(4)15-14-20(17-10-6-5-7-11-17)26-19-13-9-8-12-18(19)16-24/h5-13,16,20H,14-15H2,1-4H3. The summed E-state index contributed by atoms with van der Waals surface area (Å²) in [6, 6.07) is 16.9. The fraction of sp³-hybridized carbons (Fsp3) is 0.364. The van der Waals surface area contributed by atoms with E-state index in [0.717, 1.165) is 11.8 Å². The van der Waals surface area contributed by atoms with Gasteiger partial charge in [0.1, 0.15) is 17.5 Å². The molecule has 2 rings (SSSR count). The van der Waals surface area contributed by atoms with Crippen LogP contribution in [0.5, 0.6) is 5.75 Å². The van der Waals surface area contributed by atoms with Crippen molar-refractivity contribution in [1.82, 2.24) is 4.90 Å². The first-order chi connectivity index (χ1) is 12.8. The molecule has 0 aliphatic heterocycles. The molecule has 0 radical (unpaired) electrons. The zero-order valence-electron chi connectivity index (χ0n) is 16.3. The highest BCUT2D eigenvalue weighted by atomic mass is 16.6. The van der Waals surface area contributed by atoms with Crippen LogP contribution in [0.1, 0.15) is 49.2 Å². The Morgan fingerprint density at radius 2 is 1.70 bits per heavy atom. The molecule has 2 aromatic rings. The molecule has 5 heteroatoms. The predicted molar refractivity (Wildman–Crippen MR) is 105 cm³/mol. The summed E-state index contributed by atoms with van der Waals surface area (Å²) in [4.78, 5) is 25.0. The average molecular weight is 369 g/mol. The smallest absolute Gasteiger partial charge is 0.410 e. The number of hydrogen-bond donors (Lipinski definition) is 0. The van der Waals surface area contributed by atoms with Crippen molar-refractivity contribution in [2.75, 3.05) is 13.6 Å². The molecule has 5 nitrogen and oxygen atoms in total. The number of rotatable bonds is 7. The van der Waals surface area contributed by atoms with Crippen LogP contribution >= 0.6 is 0 Å². The first kappa shape index (κ1) is 20.5. The minimum atomic E-state index is -0.538. The Morgan fingerprint density at radius 3 is 2.33 bits per heavy atom. The zero-order chi connectivity index (χ0) is 19.9. The van der Waals surface area contributed by atoms with E-state index in [1.54, 1.807) is 25.2 Å². The fourth-order valence-electron chi connectivity index (χ4n) is 2.54. The molecule has 0 saturated heterocycles. The number of amides is 1. The summed E-state index contributed by atoms with van der Waals surface area (Å²) >= 11 is 0. The lowest BCUT2D eigenvalue weighted by Crippen LogP contribution is -2.35. The normalized spacial score (nSPS) is 12.1. The van der Waals surface area contributed by atoms with Gasteiger partial charge in [0.15, 0.2) is 6.29 Å². The second-order valence-corrected chi connectivity index (χ2v) is 7.36. The second-order valence-electron chi connectivity index (χ2n) is 7.36. The van der Waals surface area contributed by atoms with Crippen LogP contribution in [0.4, 0.5) is 4.79 Å². The number of aldehydes is 1. The van der Waals surface area contributed by atoms with Gasteiger partial charge in [-0.3, -0.25) is 4.79 Å². The van der Waals surface area contributed by atoms with E-state index in [4.69, 9.17) is 9.47 Å². The van der Waals surface area contributed by atoms with Gasteiger partial charge >= 0.3 is 6.09 Å². The number of benzene rings is 2. The van der Waals surface area contributed by atoms with Crippen molar-refractivity contribution in [3.05, 3.63) is 65.7 Å².